The van der Waals surface area contributed by atoms with Crippen LogP contribution in [0.15, 0.2) is 508 Å². The first kappa shape index (κ1) is 83.7. The van der Waals surface area contributed by atoms with Crippen LogP contribution < -0.4 is 24.5 Å². The van der Waals surface area contributed by atoms with Gasteiger partial charge in [-0.2, -0.15) is 0 Å². The Morgan fingerprint density at radius 3 is 0.837 bits per heavy atom. The molecule has 0 unspecified atom stereocenters. The summed E-state index contributed by atoms with van der Waals surface area (Å²) in [6.07, 6.45) is 0. The maximum atomic E-state index is 3.56. The molecule has 0 fully saturated rings. The van der Waals surface area contributed by atoms with Crippen LogP contribution in [0.25, 0.3) is 43.8 Å². The second-order valence-corrected chi connectivity index (χ2v) is 34.5. The van der Waals surface area contributed by atoms with E-state index in [2.05, 4.69) is 567 Å². The van der Waals surface area contributed by atoms with Crippen LogP contribution >= 0.6 is 79.6 Å². The molecule has 598 valence electrons. The van der Waals surface area contributed by atoms with Crippen LogP contribution in [-0.4, -0.2) is 0 Å². The molecule has 0 atom stereocenters. The minimum atomic E-state index is -0.00991. The van der Waals surface area contributed by atoms with Gasteiger partial charge in [0, 0.05) is 113 Å². The number of fused-ring (bicyclic) bond motifs is 5. The third-order valence-corrected chi connectivity index (χ3v) is 24.2. The molecule has 0 N–H and O–H groups in total. The van der Waals surface area contributed by atoms with E-state index in [-0.39, 0.29) is 5.41 Å². The predicted molar refractivity (Wildman–Crippen MR) is 542 cm³/mol. The molecule has 0 radical (unpaired) electrons. The van der Waals surface area contributed by atoms with Crippen molar-refractivity contribution in [1.82, 2.24) is 0 Å². The van der Waals surface area contributed by atoms with Crippen LogP contribution in [0.4, 0.5) is 85.3 Å². The zero-order chi connectivity index (χ0) is 84.3. The van der Waals surface area contributed by atoms with Gasteiger partial charge in [-0.3, -0.25) is 0 Å². The molecule has 0 aromatic heterocycles. The average molecular weight is 1910 g/mol. The first-order valence-corrected chi connectivity index (χ1v) is 44.8. The molecule has 5 nitrogen and oxygen atoms in total. The van der Waals surface area contributed by atoms with Gasteiger partial charge in [-0.05, 0) is 286 Å². The van der Waals surface area contributed by atoms with Crippen molar-refractivity contribution in [2.24, 2.45) is 0 Å². The summed E-state index contributed by atoms with van der Waals surface area (Å²) >= 11 is 17.6. The normalized spacial score (nSPS) is 11.3. The van der Waals surface area contributed by atoms with E-state index in [0.29, 0.717) is 0 Å². The smallest absolute Gasteiger partial charge is 0.0540 e. The molecular formula is C113H86Br5N5. The molecule has 0 amide bonds. The van der Waals surface area contributed by atoms with E-state index in [0.717, 1.165) is 96.3 Å². The lowest BCUT2D eigenvalue weighted by molar-refractivity contribution is 0.660. The minimum absolute atomic E-state index is 0.00991. The third-order valence-electron chi connectivity index (χ3n) is 21.6. The van der Waals surface area contributed by atoms with Crippen molar-refractivity contribution in [3.63, 3.8) is 0 Å². The molecule has 19 aromatic rings. The molecule has 0 saturated carbocycles. The fourth-order valence-corrected chi connectivity index (χ4v) is 16.9. The Hall–Kier alpha value is -12.9. The molecular weight excluding hydrogens is 1830 g/mol. The Bertz CT molecular complexity index is 6550. The summed E-state index contributed by atoms with van der Waals surface area (Å²) < 4.78 is 5.41. The number of halogens is 5. The number of anilines is 15. The van der Waals surface area contributed by atoms with E-state index in [1.54, 1.807) is 0 Å². The molecule has 19 aromatic carbocycles. The molecule has 1 aliphatic carbocycles. The second kappa shape index (κ2) is 40.2. The van der Waals surface area contributed by atoms with Gasteiger partial charge in [0.1, 0.15) is 0 Å². The molecule has 123 heavy (non-hydrogen) atoms. The summed E-state index contributed by atoms with van der Waals surface area (Å²) in [5, 5.41) is 4.98. The van der Waals surface area contributed by atoms with Crippen molar-refractivity contribution in [3.05, 3.63) is 519 Å². The zero-order valence-electron chi connectivity index (χ0n) is 67.8. The van der Waals surface area contributed by atoms with Gasteiger partial charge in [0.05, 0.1) is 5.69 Å². The molecule has 0 spiro atoms. The summed E-state index contributed by atoms with van der Waals surface area (Å²) in [5.41, 5.74) is 25.2. The van der Waals surface area contributed by atoms with Crippen molar-refractivity contribution < 1.29 is 0 Å². The molecule has 0 saturated heterocycles. The van der Waals surface area contributed by atoms with E-state index >= 15 is 0 Å². The van der Waals surface area contributed by atoms with Crippen LogP contribution in [0.3, 0.4) is 0 Å². The largest absolute Gasteiger partial charge is 0.311 e. The van der Waals surface area contributed by atoms with Crippen molar-refractivity contribution in [2.45, 2.75) is 19.3 Å². The topological polar surface area (TPSA) is 16.2 Å². The first-order valence-electron chi connectivity index (χ1n) is 40.8. The summed E-state index contributed by atoms with van der Waals surface area (Å²) in [6, 6.07) is 170. The molecule has 0 aliphatic heterocycles. The number of hydrogen-bond donors (Lipinski definition) is 0. The maximum absolute atomic E-state index is 3.56. The fraction of sp³-hybridized carbons (Fsp3) is 0.0265. The maximum Gasteiger partial charge on any atom is 0.0540 e. The van der Waals surface area contributed by atoms with Crippen LogP contribution in [0.2, 0.25) is 0 Å². The van der Waals surface area contributed by atoms with E-state index in [4.69, 9.17) is 0 Å². The molecule has 20 rings (SSSR count). The summed E-state index contributed by atoms with van der Waals surface area (Å²) in [5.74, 6) is 0. The van der Waals surface area contributed by atoms with Crippen molar-refractivity contribution in [2.75, 3.05) is 24.5 Å². The second-order valence-electron chi connectivity index (χ2n) is 29.9. The van der Waals surface area contributed by atoms with Gasteiger partial charge >= 0.3 is 0 Å². The van der Waals surface area contributed by atoms with Crippen LogP contribution in [0.1, 0.15) is 25.0 Å². The highest BCUT2D eigenvalue weighted by Gasteiger charge is 2.36. The number of benzene rings is 19. The molecule has 1 aliphatic rings. The van der Waals surface area contributed by atoms with E-state index in [1.165, 1.54) is 66.3 Å². The first-order chi connectivity index (χ1) is 60.3. The summed E-state index contributed by atoms with van der Waals surface area (Å²) in [7, 11) is 0. The highest BCUT2D eigenvalue weighted by molar-refractivity contribution is 9.11. The SMILES string of the molecule is Brc1ccc(N(c2ccccc2)c2ccc(-c3ccccc3)cc2)cc1.Brc1ccc(N(c2ccccc2)c2ccc3ccccc3c2)cc1.Brc1ccc(N(c2ccccc2)c2cccc3ccccc23)cc1.Brc1ccc(N(c2ccccc2)c2ccccc2)cc1.CC1(C)c2ccccc2-c2ccc(N(c3ccccc3)c3ccc(Br)cc3)cc21. The lowest BCUT2D eigenvalue weighted by atomic mass is 9.82. The van der Waals surface area contributed by atoms with Crippen LogP contribution in [0, 0.1) is 0 Å². The van der Waals surface area contributed by atoms with Crippen LogP contribution in [0.5, 0.6) is 0 Å². The minimum Gasteiger partial charge on any atom is -0.311 e. The Morgan fingerprint density at radius 1 is 0.171 bits per heavy atom. The highest BCUT2D eigenvalue weighted by atomic mass is 79.9. The van der Waals surface area contributed by atoms with Gasteiger partial charge < -0.3 is 24.5 Å². The third kappa shape index (κ3) is 20.3. The van der Waals surface area contributed by atoms with Crippen molar-refractivity contribution in [1.29, 1.82) is 0 Å². The van der Waals surface area contributed by atoms with Gasteiger partial charge in [0.25, 0.3) is 0 Å². The Kier molecular flexibility index (Phi) is 27.4. The van der Waals surface area contributed by atoms with Gasteiger partial charge in [0.2, 0.25) is 0 Å². The number of hydrogen-bond acceptors (Lipinski definition) is 5. The Labute approximate surface area is 764 Å². The van der Waals surface area contributed by atoms with Gasteiger partial charge in [-0.1, -0.05) is 342 Å². The number of rotatable bonds is 16. The van der Waals surface area contributed by atoms with Crippen molar-refractivity contribution in [3.8, 4) is 22.3 Å². The average Bonchev–Trinajstić information content (AvgIpc) is 1.58. The number of nitrogens with zero attached hydrogens (tertiary/aromatic N) is 5. The monoisotopic (exact) mass is 1910 g/mol. The predicted octanol–water partition coefficient (Wildman–Crippen LogP) is 35.9. The Morgan fingerprint density at radius 2 is 0.431 bits per heavy atom. The molecule has 0 heterocycles. The van der Waals surface area contributed by atoms with E-state index < -0.39 is 0 Å². The summed E-state index contributed by atoms with van der Waals surface area (Å²) in [6.45, 7) is 4.65. The highest BCUT2D eigenvalue weighted by Crippen LogP contribution is 2.51. The van der Waals surface area contributed by atoms with Gasteiger partial charge in [-0.15, -0.1) is 0 Å². The lowest BCUT2D eigenvalue weighted by Gasteiger charge is -2.28. The number of para-hydroxylation sites is 6. The quantitative estimate of drug-likeness (QED) is 0.0955. The van der Waals surface area contributed by atoms with Crippen LogP contribution in [-0.2, 0) is 5.41 Å². The van der Waals surface area contributed by atoms with E-state index in [9.17, 15) is 0 Å². The van der Waals surface area contributed by atoms with Gasteiger partial charge in [0.15, 0.2) is 0 Å². The standard InChI is InChI=1S/C27H22BrN.C24H18BrN.2C22H16BrN.C18H14BrN/c1-27(2)25-11-7-6-10-23(25)24-17-16-22(18-26(24)27)29(20-8-4-3-5-9-20)21-14-12-19(28)13-15-21;25-21-13-17-24(18-14-21)26(22-9-5-2-6-10-22)23-15-11-20(12-16-23)19-7-3-1-4-8-19;23-18-13-15-20(16-14-18)24(19-9-2-1-3-10-19)22-12-6-8-17-7-4-5-11-21(17)22;23-19-11-14-21(15-12-19)24(20-8-2-1-3-9-20)22-13-10-17-6-4-5-7-18(17)16-22;19-15-11-13-18(14-12-15)20(16-7-3-1-4-8-16)17-9-5-2-6-10-17/h3-18H,1-2H3;1-18H;2*1-16H;1-14H. The van der Waals surface area contributed by atoms with Crippen molar-refractivity contribution >= 4 is 187 Å². The zero-order valence-corrected chi connectivity index (χ0v) is 75.7. The summed E-state index contributed by atoms with van der Waals surface area (Å²) in [4.78, 5) is 11.4. The fourth-order valence-electron chi connectivity index (χ4n) is 15.6. The molecule has 0 bridgehead atoms. The van der Waals surface area contributed by atoms with E-state index in [1.807, 2.05) is 36.4 Å². The van der Waals surface area contributed by atoms with Gasteiger partial charge in [-0.25, -0.2) is 0 Å². The molecule has 10 heteroatoms. The Balaban J connectivity index is 0.000000114. The lowest BCUT2D eigenvalue weighted by Crippen LogP contribution is -2.16.